The second kappa shape index (κ2) is 5.31. The van der Waals surface area contributed by atoms with Crippen LogP contribution in [-0.4, -0.2) is 15.8 Å². The summed E-state index contributed by atoms with van der Waals surface area (Å²) in [7, 11) is 0. The van der Waals surface area contributed by atoms with E-state index in [0.717, 1.165) is 18.5 Å². The van der Waals surface area contributed by atoms with E-state index in [9.17, 15) is 0 Å². The van der Waals surface area contributed by atoms with Crippen LogP contribution in [0, 0.1) is 5.92 Å². The first-order valence-electron chi connectivity index (χ1n) is 5.84. The van der Waals surface area contributed by atoms with Crippen LogP contribution in [0.5, 0.6) is 0 Å². The fraction of sp³-hybridized carbons (Fsp3) is 0.750. The fourth-order valence-electron chi connectivity index (χ4n) is 1.74. The molecule has 1 aromatic rings. The van der Waals surface area contributed by atoms with Gasteiger partial charge in [-0.25, -0.2) is 0 Å². The third kappa shape index (κ3) is 3.34. The van der Waals surface area contributed by atoms with Gasteiger partial charge in [-0.05, 0) is 39.2 Å². The van der Waals surface area contributed by atoms with Crippen molar-refractivity contribution in [2.24, 2.45) is 11.7 Å². The number of nitrogens with zero attached hydrogens (tertiary/aromatic N) is 2. The maximum absolute atomic E-state index is 5.93. The van der Waals surface area contributed by atoms with Gasteiger partial charge in [0.25, 0.3) is 0 Å². The summed E-state index contributed by atoms with van der Waals surface area (Å²) in [6.07, 6.45) is 4.16. The van der Waals surface area contributed by atoms with Crippen molar-refractivity contribution >= 4 is 0 Å². The van der Waals surface area contributed by atoms with Crippen molar-refractivity contribution in [2.45, 2.75) is 52.6 Å². The molecule has 0 aromatic carbocycles. The molecule has 3 heteroatoms. The Morgan fingerprint density at radius 1 is 1.40 bits per heavy atom. The minimum atomic E-state index is 0.249. The highest BCUT2D eigenvalue weighted by Crippen LogP contribution is 2.14. The second-order valence-corrected chi connectivity index (χ2v) is 4.61. The van der Waals surface area contributed by atoms with Crippen LogP contribution in [-0.2, 0) is 6.42 Å². The van der Waals surface area contributed by atoms with Crippen LogP contribution in [0.3, 0.4) is 0 Å². The van der Waals surface area contributed by atoms with Crippen molar-refractivity contribution in [3.05, 3.63) is 18.0 Å². The van der Waals surface area contributed by atoms with Crippen molar-refractivity contribution in [3.63, 3.8) is 0 Å². The van der Waals surface area contributed by atoms with Gasteiger partial charge in [0.05, 0.1) is 5.69 Å². The molecule has 2 unspecified atom stereocenters. The minimum absolute atomic E-state index is 0.249. The van der Waals surface area contributed by atoms with E-state index in [1.807, 2.05) is 10.9 Å². The van der Waals surface area contributed by atoms with Gasteiger partial charge in [-0.1, -0.05) is 13.3 Å². The first-order chi connectivity index (χ1) is 7.04. The van der Waals surface area contributed by atoms with E-state index in [2.05, 4.69) is 38.9 Å². The predicted molar refractivity (Wildman–Crippen MR) is 63.7 cm³/mol. The van der Waals surface area contributed by atoms with Crippen LogP contribution >= 0.6 is 0 Å². The van der Waals surface area contributed by atoms with Gasteiger partial charge in [0, 0.05) is 18.3 Å². The van der Waals surface area contributed by atoms with E-state index >= 15 is 0 Å². The van der Waals surface area contributed by atoms with Gasteiger partial charge in [0.15, 0.2) is 0 Å². The fourth-order valence-corrected chi connectivity index (χ4v) is 1.74. The van der Waals surface area contributed by atoms with Crippen molar-refractivity contribution < 1.29 is 0 Å². The Bertz CT molecular complexity index is 289. The zero-order valence-electron chi connectivity index (χ0n) is 10.3. The highest BCUT2D eigenvalue weighted by Gasteiger charge is 2.14. The molecule has 1 rings (SSSR count). The van der Waals surface area contributed by atoms with E-state index < -0.39 is 0 Å². The Morgan fingerprint density at radius 3 is 2.47 bits per heavy atom. The van der Waals surface area contributed by atoms with Crippen LogP contribution in [0.15, 0.2) is 12.3 Å². The number of aromatic nitrogens is 2. The van der Waals surface area contributed by atoms with Crippen LogP contribution < -0.4 is 5.73 Å². The summed E-state index contributed by atoms with van der Waals surface area (Å²) in [5, 5.41) is 4.54. The molecule has 0 saturated heterocycles. The first-order valence-corrected chi connectivity index (χ1v) is 5.84. The first kappa shape index (κ1) is 12.2. The van der Waals surface area contributed by atoms with Gasteiger partial charge in [-0.2, -0.15) is 5.10 Å². The van der Waals surface area contributed by atoms with Gasteiger partial charge in [0.1, 0.15) is 0 Å². The lowest BCUT2D eigenvalue weighted by Crippen LogP contribution is -2.27. The van der Waals surface area contributed by atoms with Crippen LogP contribution in [0.1, 0.15) is 45.9 Å². The smallest absolute Gasteiger partial charge is 0.0628 e. The van der Waals surface area contributed by atoms with E-state index in [4.69, 9.17) is 5.73 Å². The zero-order chi connectivity index (χ0) is 11.4. The zero-order valence-corrected chi connectivity index (χ0v) is 10.3. The molecule has 0 spiro atoms. The van der Waals surface area contributed by atoms with Crippen molar-refractivity contribution in [3.8, 4) is 0 Å². The molecular formula is C12H23N3. The third-order valence-electron chi connectivity index (χ3n) is 2.93. The predicted octanol–water partition coefficient (Wildman–Crippen LogP) is 2.38. The largest absolute Gasteiger partial charge is 0.328 e. The van der Waals surface area contributed by atoms with Gasteiger partial charge in [-0.15, -0.1) is 0 Å². The summed E-state index contributed by atoms with van der Waals surface area (Å²) >= 11 is 0. The van der Waals surface area contributed by atoms with E-state index in [-0.39, 0.29) is 6.04 Å². The Kier molecular flexibility index (Phi) is 4.33. The van der Waals surface area contributed by atoms with E-state index in [0.29, 0.717) is 12.0 Å². The molecule has 0 saturated carbocycles. The lowest BCUT2D eigenvalue weighted by Gasteiger charge is -2.17. The third-order valence-corrected chi connectivity index (χ3v) is 2.93. The summed E-state index contributed by atoms with van der Waals surface area (Å²) in [6, 6.07) is 2.79. The molecule has 3 nitrogen and oxygen atoms in total. The molecule has 0 bridgehead atoms. The Balaban J connectivity index is 2.63. The quantitative estimate of drug-likeness (QED) is 0.809. The van der Waals surface area contributed by atoms with Crippen LogP contribution in [0.4, 0.5) is 0 Å². The lowest BCUT2D eigenvalue weighted by molar-refractivity contribution is 0.418. The Morgan fingerprint density at radius 2 is 2.07 bits per heavy atom. The number of hydrogen-bond acceptors (Lipinski definition) is 2. The normalized spacial score (nSPS) is 15.6. The van der Waals surface area contributed by atoms with Gasteiger partial charge >= 0.3 is 0 Å². The highest BCUT2D eigenvalue weighted by atomic mass is 15.3. The maximum Gasteiger partial charge on any atom is 0.0628 e. The van der Waals surface area contributed by atoms with E-state index in [1.54, 1.807) is 0 Å². The molecule has 1 heterocycles. The van der Waals surface area contributed by atoms with Gasteiger partial charge in [0.2, 0.25) is 0 Å². The van der Waals surface area contributed by atoms with Crippen LogP contribution in [0.25, 0.3) is 0 Å². The number of hydrogen-bond donors (Lipinski definition) is 1. The van der Waals surface area contributed by atoms with E-state index in [1.165, 1.54) is 0 Å². The topological polar surface area (TPSA) is 43.8 Å². The lowest BCUT2D eigenvalue weighted by atomic mass is 9.94. The van der Waals surface area contributed by atoms with Crippen molar-refractivity contribution in [1.29, 1.82) is 0 Å². The van der Waals surface area contributed by atoms with Gasteiger partial charge < -0.3 is 5.73 Å². The number of rotatable bonds is 5. The molecule has 0 fully saturated rings. The average molecular weight is 209 g/mol. The molecule has 0 amide bonds. The molecule has 15 heavy (non-hydrogen) atoms. The maximum atomic E-state index is 5.93. The minimum Gasteiger partial charge on any atom is -0.328 e. The molecule has 2 atom stereocenters. The molecule has 86 valence electrons. The Labute approximate surface area is 92.7 Å². The molecule has 0 aliphatic carbocycles. The molecule has 0 radical (unpaired) electrons. The Hall–Kier alpha value is -0.830. The molecule has 1 aromatic heterocycles. The summed E-state index contributed by atoms with van der Waals surface area (Å²) in [5.41, 5.74) is 7.09. The molecule has 0 aliphatic heterocycles. The molecule has 2 N–H and O–H groups in total. The van der Waals surface area contributed by atoms with Crippen molar-refractivity contribution in [1.82, 2.24) is 9.78 Å². The summed E-state index contributed by atoms with van der Waals surface area (Å²) in [4.78, 5) is 0. The second-order valence-electron chi connectivity index (χ2n) is 4.61. The number of nitrogens with two attached hydrogens (primary N) is 1. The highest BCUT2D eigenvalue weighted by molar-refractivity contribution is 5.01. The van der Waals surface area contributed by atoms with Crippen molar-refractivity contribution in [2.75, 3.05) is 0 Å². The average Bonchev–Trinajstić information content (AvgIpc) is 2.61. The SMILES string of the molecule is CCC(Cc1ccn(C(C)C)n1)C(C)N. The summed E-state index contributed by atoms with van der Waals surface area (Å²) in [5.74, 6) is 0.542. The van der Waals surface area contributed by atoms with Crippen LogP contribution in [0.2, 0.25) is 0 Å². The monoisotopic (exact) mass is 209 g/mol. The van der Waals surface area contributed by atoms with Gasteiger partial charge in [-0.3, -0.25) is 4.68 Å². The molecule has 0 aliphatic rings. The summed E-state index contributed by atoms with van der Waals surface area (Å²) in [6.45, 7) is 8.54. The summed E-state index contributed by atoms with van der Waals surface area (Å²) < 4.78 is 2.00. The standard InChI is InChI=1S/C12H23N3/c1-5-11(10(4)13)8-12-6-7-15(14-12)9(2)3/h6-7,9-11H,5,8,13H2,1-4H3. The molecular weight excluding hydrogens is 186 g/mol.